The highest BCUT2D eigenvalue weighted by Gasteiger charge is 2.21. The molecule has 5 nitrogen and oxygen atoms in total. The summed E-state index contributed by atoms with van der Waals surface area (Å²) in [5, 5.41) is 3.02. The molecule has 1 saturated heterocycles. The Balaban J connectivity index is 1.58. The summed E-state index contributed by atoms with van der Waals surface area (Å²) in [4.78, 5) is 26.0. The predicted octanol–water partition coefficient (Wildman–Crippen LogP) is 4.00. The maximum absolute atomic E-state index is 12.4. The largest absolute Gasteiger partial charge is 0.496 e. The van der Waals surface area contributed by atoms with Gasteiger partial charge in [0.1, 0.15) is 5.75 Å². The van der Waals surface area contributed by atoms with E-state index in [1.54, 1.807) is 12.0 Å². The summed E-state index contributed by atoms with van der Waals surface area (Å²) in [6, 6.07) is 13.3. The Hall–Kier alpha value is -2.34. The number of hydrogen-bond acceptors (Lipinski definition) is 3. The molecule has 0 aliphatic carbocycles. The first-order valence-corrected chi connectivity index (χ1v) is 9.79. The lowest BCUT2D eigenvalue weighted by Crippen LogP contribution is -2.28. The minimum Gasteiger partial charge on any atom is -0.496 e. The lowest BCUT2D eigenvalue weighted by Gasteiger charge is -2.17. The Kier molecular flexibility index (Phi) is 6.16. The smallest absolute Gasteiger partial charge is 0.227 e. The van der Waals surface area contributed by atoms with E-state index < -0.39 is 0 Å². The highest BCUT2D eigenvalue weighted by Crippen LogP contribution is 2.28. The van der Waals surface area contributed by atoms with Crippen molar-refractivity contribution in [2.24, 2.45) is 0 Å². The van der Waals surface area contributed by atoms with Gasteiger partial charge in [0.05, 0.1) is 24.0 Å². The van der Waals surface area contributed by atoms with Gasteiger partial charge in [-0.05, 0) is 64.7 Å². The summed E-state index contributed by atoms with van der Waals surface area (Å²) in [6.45, 7) is 2.72. The van der Waals surface area contributed by atoms with Crippen molar-refractivity contribution in [2.45, 2.75) is 32.2 Å². The monoisotopic (exact) mass is 430 g/mol. The van der Waals surface area contributed by atoms with Crippen molar-refractivity contribution >= 4 is 33.4 Å². The average molecular weight is 431 g/mol. The summed E-state index contributed by atoms with van der Waals surface area (Å²) >= 11 is 3.47. The molecule has 3 rings (SSSR count). The predicted molar refractivity (Wildman–Crippen MR) is 109 cm³/mol. The molecule has 2 aromatic rings. The molecule has 1 atom stereocenters. The van der Waals surface area contributed by atoms with E-state index in [9.17, 15) is 9.59 Å². The number of hydrogen-bond donors (Lipinski definition) is 1. The van der Waals surface area contributed by atoms with E-state index in [1.807, 2.05) is 49.4 Å². The Morgan fingerprint density at radius 2 is 2.00 bits per heavy atom. The topological polar surface area (TPSA) is 58.6 Å². The number of benzene rings is 2. The molecular formula is C21H23BrN2O3. The van der Waals surface area contributed by atoms with Crippen molar-refractivity contribution in [1.82, 2.24) is 5.32 Å². The Bertz CT molecular complexity index is 836. The van der Waals surface area contributed by atoms with E-state index >= 15 is 0 Å². The van der Waals surface area contributed by atoms with Crippen LogP contribution in [0.3, 0.4) is 0 Å². The van der Waals surface area contributed by atoms with E-state index in [0.29, 0.717) is 12.8 Å². The van der Waals surface area contributed by atoms with Crippen molar-refractivity contribution in [3.05, 3.63) is 58.1 Å². The van der Waals surface area contributed by atoms with Crippen LogP contribution in [0.1, 0.15) is 36.9 Å². The first kappa shape index (κ1) is 19.4. The van der Waals surface area contributed by atoms with E-state index in [-0.39, 0.29) is 17.9 Å². The van der Waals surface area contributed by atoms with Gasteiger partial charge in [0.2, 0.25) is 11.8 Å². The van der Waals surface area contributed by atoms with Crippen molar-refractivity contribution < 1.29 is 14.3 Å². The number of ether oxygens (including phenoxy) is 1. The minimum atomic E-state index is -0.110. The lowest BCUT2D eigenvalue weighted by atomic mass is 10.1. The van der Waals surface area contributed by atoms with E-state index in [1.165, 1.54) is 0 Å². The van der Waals surface area contributed by atoms with Crippen LogP contribution < -0.4 is 15.0 Å². The number of carbonyl (C=O) groups excluding carboxylic acids is 2. The number of rotatable bonds is 6. The standard InChI is InChI=1S/C21H23BrN2O3/c1-14(16-7-10-19(27-2)18(22)13-16)23-20(25)12-15-5-8-17(9-6-15)24-11-3-4-21(24)26/h5-10,13-14H,3-4,11-12H2,1-2H3,(H,23,25). The molecular weight excluding hydrogens is 408 g/mol. The molecule has 0 radical (unpaired) electrons. The quantitative estimate of drug-likeness (QED) is 0.752. The van der Waals surface area contributed by atoms with Crippen LogP contribution in [0, 0.1) is 0 Å². The summed E-state index contributed by atoms with van der Waals surface area (Å²) in [6.07, 6.45) is 1.82. The molecule has 1 N–H and O–H groups in total. The number of halogens is 1. The Morgan fingerprint density at radius 3 is 2.59 bits per heavy atom. The van der Waals surface area contributed by atoms with Crippen molar-refractivity contribution in [3.63, 3.8) is 0 Å². The number of anilines is 1. The molecule has 1 fully saturated rings. The third-order valence-electron chi connectivity index (χ3n) is 4.74. The van der Waals surface area contributed by atoms with Crippen LogP contribution in [0.4, 0.5) is 5.69 Å². The lowest BCUT2D eigenvalue weighted by molar-refractivity contribution is -0.121. The van der Waals surface area contributed by atoms with Gasteiger partial charge in [0.15, 0.2) is 0 Å². The van der Waals surface area contributed by atoms with E-state index in [4.69, 9.17) is 4.74 Å². The molecule has 0 bridgehead atoms. The number of amides is 2. The highest BCUT2D eigenvalue weighted by atomic mass is 79.9. The second-order valence-electron chi connectivity index (χ2n) is 6.68. The van der Waals surface area contributed by atoms with Gasteiger partial charge in [-0.25, -0.2) is 0 Å². The summed E-state index contributed by atoms with van der Waals surface area (Å²) in [5.41, 5.74) is 2.82. The van der Waals surface area contributed by atoms with Gasteiger partial charge >= 0.3 is 0 Å². The fourth-order valence-electron chi connectivity index (χ4n) is 3.23. The van der Waals surface area contributed by atoms with Gasteiger partial charge in [0.25, 0.3) is 0 Å². The molecule has 142 valence electrons. The first-order valence-electron chi connectivity index (χ1n) is 9.00. The normalized spacial score (nSPS) is 14.9. The van der Waals surface area contributed by atoms with Crippen LogP contribution in [0.25, 0.3) is 0 Å². The third-order valence-corrected chi connectivity index (χ3v) is 5.36. The molecule has 0 saturated carbocycles. The molecule has 1 aliphatic heterocycles. The number of methoxy groups -OCH3 is 1. The zero-order valence-corrected chi connectivity index (χ0v) is 17.1. The van der Waals surface area contributed by atoms with Gasteiger partial charge in [-0.3, -0.25) is 9.59 Å². The van der Waals surface area contributed by atoms with Crippen LogP contribution in [-0.2, 0) is 16.0 Å². The van der Waals surface area contributed by atoms with Crippen LogP contribution in [-0.4, -0.2) is 25.5 Å². The van der Waals surface area contributed by atoms with Crippen molar-refractivity contribution in [2.75, 3.05) is 18.6 Å². The average Bonchev–Trinajstić information content (AvgIpc) is 3.08. The molecule has 1 heterocycles. The molecule has 0 aromatic heterocycles. The van der Waals surface area contributed by atoms with E-state index in [0.717, 1.165) is 40.0 Å². The van der Waals surface area contributed by atoms with E-state index in [2.05, 4.69) is 21.2 Å². The highest BCUT2D eigenvalue weighted by molar-refractivity contribution is 9.10. The van der Waals surface area contributed by atoms with Crippen LogP contribution in [0.5, 0.6) is 5.75 Å². The Morgan fingerprint density at radius 1 is 1.26 bits per heavy atom. The maximum atomic E-state index is 12.4. The van der Waals surface area contributed by atoms with Crippen LogP contribution in [0.2, 0.25) is 0 Å². The SMILES string of the molecule is COc1ccc(C(C)NC(=O)Cc2ccc(N3CCCC3=O)cc2)cc1Br. The third kappa shape index (κ3) is 4.69. The zero-order chi connectivity index (χ0) is 19.4. The molecule has 1 aliphatic rings. The van der Waals surface area contributed by atoms with Crippen molar-refractivity contribution in [1.29, 1.82) is 0 Å². The fraction of sp³-hybridized carbons (Fsp3) is 0.333. The molecule has 6 heteroatoms. The van der Waals surface area contributed by atoms with Gasteiger partial charge < -0.3 is 15.0 Å². The minimum absolute atomic E-state index is 0.0422. The molecule has 0 spiro atoms. The van der Waals surface area contributed by atoms with Crippen LogP contribution in [0.15, 0.2) is 46.9 Å². The number of nitrogens with one attached hydrogen (secondary N) is 1. The molecule has 27 heavy (non-hydrogen) atoms. The summed E-state index contributed by atoms with van der Waals surface area (Å²) in [7, 11) is 1.62. The molecule has 1 unspecified atom stereocenters. The summed E-state index contributed by atoms with van der Waals surface area (Å²) < 4.78 is 6.09. The van der Waals surface area contributed by atoms with Gasteiger partial charge in [0, 0.05) is 18.7 Å². The summed E-state index contributed by atoms with van der Waals surface area (Å²) in [5.74, 6) is 0.883. The second-order valence-corrected chi connectivity index (χ2v) is 7.53. The first-order chi connectivity index (χ1) is 13.0. The fourth-order valence-corrected chi connectivity index (χ4v) is 3.79. The number of carbonyl (C=O) groups is 2. The zero-order valence-electron chi connectivity index (χ0n) is 15.5. The Labute approximate surface area is 167 Å². The van der Waals surface area contributed by atoms with Crippen LogP contribution >= 0.6 is 15.9 Å². The van der Waals surface area contributed by atoms with Gasteiger partial charge in [-0.2, -0.15) is 0 Å². The number of nitrogens with zero attached hydrogens (tertiary/aromatic N) is 1. The van der Waals surface area contributed by atoms with Crippen molar-refractivity contribution in [3.8, 4) is 5.75 Å². The van der Waals surface area contributed by atoms with Gasteiger partial charge in [-0.1, -0.05) is 18.2 Å². The molecule has 2 aromatic carbocycles. The second kappa shape index (κ2) is 8.57. The van der Waals surface area contributed by atoms with Gasteiger partial charge in [-0.15, -0.1) is 0 Å². The molecule has 2 amide bonds. The maximum Gasteiger partial charge on any atom is 0.227 e.